The van der Waals surface area contributed by atoms with Crippen LogP contribution in [0.4, 0.5) is 0 Å². The number of piperidine rings is 1. The van der Waals surface area contributed by atoms with E-state index in [0.29, 0.717) is 12.6 Å². The van der Waals surface area contributed by atoms with E-state index in [4.69, 9.17) is 0 Å². The summed E-state index contributed by atoms with van der Waals surface area (Å²) in [6, 6.07) is 0.618. The van der Waals surface area contributed by atoms with Crippen molar-refractivity contribution in [2.45, 2.75) is 12.5 Å². The summed E-state index contributed by atoms with van der Waals surface area (Å²) in [6.07, 6.45) is 1.28. The molecule has 0 aromatic heterocycles. The lowest BCUT2D eigenvalue weighted by Gasteiger charge is -2.50. The molecule has 2 fully saturated rings. The zero-order valence-electron chi connectivity index (χ0n) is 8.99. The Morgan fingerprint density at radius 1 is 1.57 bits per heavy atom. The number of rotatable bonds is 2. The van der Waals surface area contributed by atoms with Gasteiger partial charge in [0.2, 0.25) is 5.91 Å². The molecule has 2 heterocycles. The Labute approximate surface area is 85.2 Å². The molecule has 4 heteroatoms. The normalized spacial score (nSPS) is 31.9. The van der Waals surface area contributed by atoms with Crippen molar-refractivity contribution in [3.05, 3.63) is 0 Å². The van der Waals surface area contributed by atoms with Gasteiger partial charge in [-0.2, -0.15) is 0 Å². The van der Waals surface area contributed by atoms with Gasteiger partial charge in [0.1, 0.15) is 0 Å². The number of carbonyl (C=O) groups is 1. The van der Waals surface area contributed by atoms with Gasteiger partial charge < -0.3 is 10.2 Å². The molecule has 0 spiro atoms. The Balaban J connectivity index is 1.81. The van der Waals surface area contributed by atoms with Crippen molar-refractivity contribution < 1.29 is 4.79 Å². The first-order valence-electron chi connectivity index (χ1n) is 5.33. The van der Waals surface area contributed by atoms with Gasteiger partial charge in [-0.25, -0.2) is 0 Å². The van der Waals surface area contributed by atoms with Gasteiger partial charge in [0.05, 0.1) is 6.54 Å². The number of amides is 1. The third-order valence-electron chi connectivity index (χ3n) is 3.36. The topological polar surface area (TPSA) is 35.6 Å². The van der Waals surface area contributed by atoms with Crippen molar-refractivity contribution in [2.24, 2.45) is 5.92 Å². The van der Waals surface area contributed by atoms with Crippen molar-refractivity contribution in [3.63, 3.8) is 0 Å². The monoisotopic (exact) mass is 197 g/mol. The Kier molecular flexibility index (Phi) is 2.74. The molecule has 2 saturated heterocycles. The van der Waals surface area contributed by atoms with E-state index >= 15 is 0 Å². The second kappa shape index (κ2) is 3.87. The van der Waals surface area contributed by atoms with Gasteiger partial charge in [0.15, 0.2) is 0 Å². The molecular formula is C10H19N3O. The first-order valence-corrected chi connectivity index (χ1v) is 5.33. The number of hydrogen-bond donors (Lipinski definition) is 1. The zero-order valence-corrected chi connectivity index (χ0v) is 8.99. The molecule has 2 aliphatic rings. The highest BCUT2D eigenvalue weighted by molar-refractivity contribution is 5.77. The molecule has 0 aromatic rings. The van der Waals surface area contributed by atoms with Gasteiger partial charge in [0.25, 0.3) is 0 Å². The summed E-state index contributed by atoms with van der Waals surface area (Å²) in [7, 11) is 3.64. The van der Waals surface area contributed by atoms with Gasteiger partial charge in [-0.15, -0.1) is 0 Å². The maximum Gasteiger partial charge on any atom is 0.236 e. The van der Waals surface area contributed by atoms with Crippen LogP contribution in [-0.2, 0) is 4.79 Å². The highest BCUT2D eigenvalue weighted by atomic mass is 16.2. The molecule has 0 saturated carbocycles. The summed E-state index contributed by atoms with van der Waals surface area (Å²) in [5.41, 5.74) is 0. The number of likely N-dealkylation sites (N-methyl/N-ethyl adjacent to an activating group) is 1. The summed E-state index contributed by atoms with van der Waals surface area (Å²) in [5.74, 6) is 1.06. The number of nitrogens with one attached hydrogen (secondary N) is 1. The minimum absolute atomic E-state index is 0.217. The average molecular weight is 197 g/mol. The maximum absolute atomic E-state index is 11.5. The molecule has 2 aliphatic heterocycles. The molecule has 14 heavy (non-hydrogen) atoms. The van der Waals surface area contributed by atoms with Crippen molar-refractivity contribution in [3.8, 4) is 0 Å². The molecule has 2 atom stereocenters. The second-order valence-electron chi connectivity index (χ2n) is 4.54. The van der Waals surface area contributed by atoms with E-state index in [1.165, 1.54) is 6.42 Å². The average Bonchev–Trinajstić information content (AvgIpc) is 2.13. The molecule has 0 aliphatic carbocycles. The van der Waals surface area contributed by atoms with Crippen LogP contribution >= 0.6 is 0 Å². The first-order chi connectivity index (χ1) is 6.68. The van der Waals surface area contributed by atoms with E-state index in [0.717, 1.165) is 25.6 Å². The summed E-state index contributed by atoms with van der Waals surface area (Å²) < 4.78 is 0. The third kappa shape index (κ3) is 1.77. The minimum atomic E-state index is 0.217. The predicted octanol–water partition coefficient (Wildman–Crippen LogP) is -0.632. The fourth-order valence-electron chi connectivity index (χ4n) is 2.33. The van der Waals surface area contributed by atoms with Crippen LogP contribution in [0.3, 0.4) is 0 Å². The summed E-state index contributed by atoms with van der Waals surface area (Å²) in [5, 5.41) is 3.38. The zero-order chi connectivity index (χ0) is 10.1. The Bertz CT molecular complexity index is 229. The largest absolute Gasteiger partial charge is 0.348 e. The van der Waals surface area contributed by atoms with E-state index in [1.54, 1.807) is 4.90 Å². The van der Waals surface area contributed by atoms with Crippen molar-refractivity contribution >= 4 is 5.91 Å². The van der Waals surface area contributed by atoms with Crippen LogP contribution < -0.4 is 5.32 Å². The molecular weight excluding hydrogens is 178 g/mol. The van der Waals surface area contributed by atoms with Gasteiger partial charge in [-0.05, 0) is 18.9 Å². The van der Waals surface area contributed by atoms with Crippen LogP contribution in [-0.4, -0.2) is 62.0 Å². The number of likely N-dealkylation sites (tertiary alicyclic amines) is 1. The molecule has 4 nitrogen and oxygen atoms in total. The van der Waals surface area contributed by atoms with Crippen molar-refractivity contribution in [2.75, 3.05) is 40.3 Å². The summed E-state index contributed by atoms with van der Waals surface area (Å²) in [4.78, 5) is 15.4. The smallest absolute Gasteiger partial charge is 0.236 e. The standard InChI is InChI=1S/C10H19N3O/c1-12(2)10(14)7-13-6-8-3-4-11-5-9(8)13/h8-9,11H,3-7H2,1-2H3/t8-,9-/m0/s1. The van der Waals surface area contributed by atoms with Gasteiger partial charge >= 0.3 is 0 Å². The lowest BCUT2D eigenvalue weighted by molar-refractivity contribution is -0.134. The van der Waals surface area contributed by atoms with Crippen LogP contribution in [0.15, 0.2) is 0 Å². The first kappa shape index (κ1) is 9.93. The van der Waals surface area contributed by atoms with Crippen molar-refractivity contribution in [1.29, 1.82) is 0 Å². The number of fused-ring (bicyclic) bond motifs is 1. The molecule has 1 amide bonds. The van der Waals surface area contributed by atoms with E-state index in [9.17, 15) is 4.79 Å². The van der Waals surface area contributed by atoms with Crippen LogP contribution in [0.1, 0.15) is 6.42 Å². The molecule has 2 rings (SSSR count). The number of nitrogens with zero attached hydrogens (tertiary/aromatic N) is 2. The van der Waals surface area contributed by atoms with Crippen LogP contribution in [0.2, 0.25) is 0 Å². The fourth-order valence-corrected chi connectivity index (χ4v) is 2.33. The molecule has 0 aromatic carbocycles. The van der Waals surface area contributed by atoms with E-state index in [1.807, 2.05) is 14.1 Å². The number of carbonyl (C=O) groups excluding carboxylic acids is 1. The SMILES string of the molecule is CN(C)C(=O)CN1C[C@@H]2CCNC[C@@H]21. The summed E-state index contributed by atoms with van der Waals surface area (Å²) in [6.45, 7) is 3.92. The predicted molar refractivity (Wildman–Crippen MR) is 55.0 cm³/mol. The Morgan fingerprint density at radius 2 is 2.36 bits per heavy atom. The molecule has 1 N–H and O–H groups in total. The Morgan fingerprint density at radius 3 is 3.00 bits per heavy atom. The maximum atomic E-state index is 11.5. The minimum Gasteiger partial charge on any atom is -0.348 e. The molecule has 80 valence electrons. The molecule has 0 bridgehead atoms. The van der Waals surface area contributed by atoms with E-state index in [-0.39, 0.29) is 5.91 Å². The third-order valence-corrected chi connectivity index (χ3v) is 3.36. The highest BCUT2D eigenvalue weighted by Crippen LogP contribution is 2.28. The summed E-state index contributed by atoms with van der Waals surface area (Å²) >= 11 is 0. The number of hydrogen-bond acceptors (Lipinski definition) is 3. The van der Waals surface area contributed by atoms with Crippen LogP contribution in [0.25, 0.3) is 0 Å². The highest BCUT2D eigenvalue weighted by Gasteiger charge is 2.40. The van der Waals surface area contributed by atoms with Gasteiger partial charge in [-0.3, -0.25) is 9.69 Å². The van der Waals surface area contributed by atoms with Gasteiger partial charge in [0, 0.05) is 33.2 Å². The molecule has 0 radical (unpaired) electrons. The second-order valence-corrected chi connectivity index (χ2v) is 4.54. The van der Waals surface area contributed by atoms with E-state index in [2.05, 4.69) is 10.2 Å². The van der Waals surface area contributed by atoms with E-state index < -0.39 is 0 Å². The quantitative estimate of drug-likeness (QED) is 0.640. The lowest BCUT2D eigenvalue weighted by Crippen LogP contribution is -2.64. The van der Waals surface area contributed by atoms with Crippen molar-refractivity contribution in [1.82, 2.24) is 15.1 Å². The lowest BCUT2D eigenvalue weighted by atomic mass is 9.83. The fraction of sp³-hybridized carbons (Fsp3) is 0.900. The van der Waals surface area contributed by atoms with Crippen LogP contribution in [0, 0.1) is 5.92 Å². The Hall–Kier alpha value is -0.610. The van der Waals surface area contributed by atoms with Crippen LogP contribution in [0.5, 0.6) is 0 Å². The van der Waals surface area contributed by atoms with Gasteiger partial charge in [-0.1, -0.05) is 0 Å². The molecule has 0 unspecified atom stereocenters.